The van der Waals surface area contributed by atoms with Crippen LogP contribution in [0, 0.1) is 5.82 Å². The zero-order valence-electron chi connectivity index (χ0n) is 9.38. The maximum absolute atomic E-state index is 13.2. The molecule has 0 aromatic heterocycles. The summed E-state index contributed by atoms with van der Waals surface area (Å²) in [5.74, 6) is -1.42. The van der Waals surface area contributed by atoms with Gasteiger partial charge in [0.05, 0.1) is 12.2 Å². The van der Waals surface area contributed by atoms with Gasteiger partial charge >= 0.3 is 5.97 Å². The van der Waals surface area contributed by atoms with Gasteiger partial charge in [-0.2, -0.15) is 0 Å². The van der Waals surface area contributed by atoms with Crippen LogP contribution in [0.2, 0.25) is 0 Å². The van der Waals surface area contributed by atoms with Crippen LogP contribution in [-0.4, -0.2) is 12.6 Å². The molecule has 94 valence electrons. The van der Waals surface area contributed by atoms with Crippen molar-refractivity contribution in [3.63, 3.8) is 0 Å². The molecule has 0 heterocycles. The first-order valence-electron chi connectivity index (χ1n) is 5.27. The second-order valence-corrected chi connectivity index (χ2v) is 3.42. The predicted octanol–water partition coefficient (Wildman–Crippen LogP) is 3.26. The molecule has 2 nitrogen and oxygen atoms in total. The Bertz CT molecular complexity index is 391. The third kappa shape index (κ3) is 3.76. The summed E-state index contributed by atoms with van der Waals surface area (Å²) in [7, 11) is 0. The molecule has 0 bridgehead atoms. The summed E-state index contributed by atoms with van der Waals surface area (Å²) in [6, 6.07) is 3.72. The first-order valence-corrected chi connectivity index (χ1v) is 5.27. The lowest BCUT2D eigenvalue weighted by atomic mass is 10.0. The van der Waals surface area contributed by atoms with E-state index in [0.717, 1.165) is 6.07 Å². The third-order valence-corrected chi connectivity index (χ3v) is 2.27. The van der Waals surface area contributed by atoms with Crippen LogP contribution in [0.5, 0.6) is 0 Å². The fourth-order valence-electron chi connectivity index (χ4n) is 1.51. The van der Waals surface area contributed by atoms with E-state index < -0.39 is 23.8 Å². The number of hydrogen-bond acceptors (Lipinski definition) is 2. The molecular formula is C12H13F3O2. The van der Waals surface area contributed by atoms with Crippen LogP contribution in [0.4, 0.5) is 13.2 Å². The van der Waals surface area contributed by atoms with E-state index in [-0.39, 0.29) is 25.0 Å². The first-order chi connectivity index (χ1) is 8.06. The Hall–Kier alpha value is -1.52. The molecule has 5 heteroatoms. The monoisotopic (exact) mass is 246 g/mol. The third-order valence-electron chi connectivity index (χ3n) is 2.27. The van der Waals surface area contributed by atoms with Crippen molar-refractivity contribution in [1.29, 1.82) is 0 Å². The van der Waals surface area contributed by atoms with Crippen LogP contribution in [0.3, 0.4) is 0 Å². The highest BCUT2D eigenvalue weighted by Crippen LogP contribution is 2.26. The predicted molar refractivity (Wildman–Crippen MR) is 56.3 cm³/mol. The van der Waals surface area contributed by atoms with Crippen molar-refractivity contribution in [3.05, 3.63) is 35.1 Å². The second kappa shape index (κ2) is 6.27. The largest absolute Gasteiger partial charge is 0.466 e. The Kier molecular flexibility index (Phi) is 5.00. The van der Waals surface area contributed by atoms with Crippen LogP contribution in [0.15, 0.2) is 18.2 Å². The van der Waals surface area contributed by atoms with Crippen molar-refractivity contribution >= 4 is 5.97 Å². The first kappa shape index (κ1) is 13.5. The summed E-state index contributed by atoms with van der Waals surface area (Å²) in [6.45, 7) is 1.90. The van der Waals surface area contributed by atoms with Crippen molar-refractivity contribution in [3.8, 4) is 0 Å². The normalized spacial score (nSPS) is 10.6. The molecule has 0 aliphatic rings. The number of halogens is 3. The number of rotatable bonds is 5. The molecule has 0 saturated heterocycles. The lowest BCUT2D eigenvalue weighted by Gasteiger charge is -2.09. The molecule has 0 unspecified atom stereocenters. The van der Waals surface area contributed by atoms with Gasteiger partial charge in [-0.1, -0.05) is 12.1 Å². The quantitative estimate of drug-likeness (QED) is 0.745. The number of aryl methyl sites for hydroxylation is 1. The van der Waals surface area contributed by atoms with E-state index in [0.29, 0.717) is 0 Å². The van der Waals surface area contributed by atoms with E-state index >= 15 is 0 Å². The molecule has 17 heavy (non-hydrogen) atoms. The Morgan fingerprint density at radius 1 is 1.41 bits per heavy atom. The van der Waals surface area contributed by atoms with E-state index in [2.05, 4.69) is 4.74 Å². The number of hydrogen-bond donors (Lipinski definition) is 0. The van der Waals surface area contributed by atoms with Crippen LogP contribution >= 0.6 is 0 Å². The Balaban J connectivity index is 2.77. The second-order valence-electron chi connectivity index (χ2n) is 3.42. The molecule has 0 fully saturated rings. The van der Waals surface area contributed by atoms with Gasteiger partial charge in [-0.05, 0) is 25.0 Å². The maximum Gasteiger partial charge on any atom is 0.306 e. The highest BCUT2D eigenvalue weighted by molar-refractivity contribution is 5.69. The standard InChI is InChI=1S/C12H13F3O2/c1-2-17-10(16)7-6-8-4-3-5-9(13)11(8)12(14)15/h3-5,12H,2,6-7H2,1H3. The van der Waals surface area contributed by atoms with Crippen molar-refractivity contribution < 1.29 is 22.7 Å². The van der Waals surface area contributed by atoms with Crippen molar-refractivity contribution in [1.82, 2.24) is 0 Å². The molecule has 0 spiro atoms. The van der Waals surface area contributed by atoms with E-state index in [1.165, 1.54) is 12.1 Å². The fourth-order valence-corrected chi connectivity index (χ4v) is 1.51. The average molecular weight is 246 g/mol. The van der Waals surface area contributed by atoms with Crippen molar-refractivity contribution in [2.24, 2.45) is 0 Å². The Morgan fingerprint density at radius 2 is 2.12 bits per heavy atom. The number of benzene rings is 1. The van der Waals surface area contributed by atoms with Crippen LogP contribution in [-0.2, 0) is 16.0 Å². The Labute approximate surface area is 97.4 Å². The molecule has 0 aliphatic carbocycles. The number of carbonyl (C=O) groups is 1. The van der Waals surface area contributed by atoms with E-state index in [9.17, 15) is 18.0 Å². The maximum atomic E-state index is 13.2. The molecule has 0 saturated carbocycles. The minimum absolute atomic E-state index is 0.0307. The van der Waals surface area contributed by atoms with Gasteiger partial charge in [0.1, 0.15) is 5.82 Å². The van der Waals surface area contributed by atoms with Gasteiger partial charge in [0.15, 0.2) is 0 Å². The summed E-state index contributed by atoms with van der Waals surface area (Å²) in [6.07, 6.45) is -2.86. The molecule has 1 aromatic rings. The minimum Gasteiger partial charge on any atom is -0.466 e. The zero-order valence-corrected chi connectivity index (χ0v) is 9.38. The minimum atomic E-state index is -2.88. The lowest BCUT2D eigenvalue weighted by molar-refractivity contribution is -0.143. The van der Waals surface area contributed by atoms with Gasteiger partial charge in [0, 0.05) is 6.42 Å². The highest BCUT2D eigenvalue weighted by Gasteiger charge is 2.18. The van der Waals surface area contributed by atoms with E-state index in [1.807, 2.05) is 0 Å². The van der Waals surface area contributed by atoms with E-state index in [1.54, 1.807) is 6.92 Å². The number of carbonyl (C=O) groups excluding carboxylic acids is 1. The molecule has 0 radical (unpaired) electrons. The summed E-state index contributed by atoms with van der Waals surface area (Å²) in [4.78, 5) is 11.1. The zero-order chi connectivity index (χ0) is 12.8. The van der Waals surface area contributed by atoms with Crippen molar-refractivity contribution in [2.75, 3.05) is 6.61 Å². The van der Waals surface area contributed by atoms with Crippen LogP contribution < -0.4 is 0 Å². The molecule has 0 aliphatic heterocycles. The van der Waals surface area contributed by atoms with Gasteiger partial charge in [-0.25, -0.2) is 13.2 Å². The van der Waals surface area contributed by atoms with E-state index in [4.69, 9.17) is 0 Å². The van der Waals surface area contributed by atoms with Gasteiger partial charge in [-0.15, -0.1) is 0 Å². The molecule has 0 atom stereocenters. The topological polar surface area (TPSA) is 26.3 Å². The summed E-state index contributed by atoms with van der Waals surface area (Å²) < 4.78 is 43.1. The summed E-state index contributed by atoms with van der Waals surface area (Å²) in [5, 5.41) is 0. The smallest absolute Gasteiger partial charge is 0.306 e. The number of alkyl halides is 2. The van der Waals surface area contributed by atoms with Gasteiger partial charge in [0.25, 0.3) is 6.43 Å². The van der Waals surface area contributed by atoms with Gasteiger partial charge in [0.2, 0.25) is 0 Å². The van der Waals surface area contributed by atoms with Crippen LogP contribution in [0.25, 0.3) is 0 Å². The molecule has 0 amide bonds. The summed E-state index contributed by atoms with van der Waals surface area (Å²) in [5.41, 5.74) is -0.482. The Morgan fingerprint density at radius 3 is 2.71 bits per heavy atom. The number of ether oxygens (including phenoxy) is 1. The molecule has 1 aromatic carbocycles. The SMILES string of the molecule is CCOC(=O)CCc1cccc(F)c1C(F)F. The average Bonchev–Trinajstić information content (AvgIpc) is 2.26. The van der Waals surface area contributed by atoms with Gasteiger partial charge < -0.3 is 4.74 Å². The molecule has 1 rings (SSSR count). The molecular weight excluding hydrogens is 233 g/mol. The van der Waals surface area contributed by atoms with Gasteiger partial charge in [-0.3, -0.25) is 4.79 Å². The fraction of sp³-hybridized carbons (Fsp3) is 0.417. The summed E-state index contributed by atoms with van der Waals surface area (Å²) >= 11 is 0. The highest BCUT2D eigenvalue weighted by atomic mass is 19.3. The molecule has 0 N–H and O–H groups in total. The van der Waals surface area contributed by atoms with Crippen LogP contribution in [0.1, 0.15) is 30.9 Å². The number of esters is 1. The lowest BCUT2D eigenvalue weighted by Crippen LogP contribution is -2.07. The van der Waals surface area contributed by atoms with Crippen molar-refractivity contribution in [2.45, 2.75) is 26.2 Å².